The summed E-state index contributed by atoms with van der Waals surface area (Å²) < 4.78 is 6.36. The second-order valence-electron chi connectivity index (χ2n) is 20.7. The minimum atomic E-state index is -0.135. The zero-order chi connectivity index (χ0) is 35.7. The van der Waals surface area contributed by atoms with Gasteiger partial charge < -0.3 is 4.74 Å². The number of fused-ring (bicyclic) bond motifs is 7. The van der Waals surface area contributed by atoms with Crippen LogP contribution in [-0.4, -0.2) is 17.9 Å². The Morgan fingerprint density at radius 1 is 0.714 bits per heavy atom. The van der Waals surface area contributed by atoms with Gasteiger partial charge in [-0.1, -0.05) is 145 Å². The maximum atomic E-state index is 14.6. The molecular weight excluding hydrogens is 601 g/mol. The van der Waals surface area contributed by atoms with Crippen LogP contribution in [0.1, 0.15) is 210 Å². The monoisotopic (exact) mass is 679 g/mol. The van der Waals surface area contributed by atoms with Gasteiger partial charge in [-0.15, -0.1) is 0 Å². The second-order valence-corrected chi connectivity index (χ2v) is 20.7. The molecule has 0 radical (unpaired) electrons. The van der Waals surface area contributed by atoms with Crippen molar-refractivity contribution in [2.75, 3.05) is 0 Å². The topological polar surface area (TPSA) is 43.4 Å². The first-order valence-electron chi connectivity index (χ1n) is 21.5. The standard InChI is InChI=1S/C46H78O3/c1-10-11-12-13-14-15-16-17-18-19-20-21-22-23-39(48)49-38-25-26-44(7)37(42(38,4)5)24-27-46(9)40(44)36(47)32-34-35-33-41(2,3)28-29-43(35,6)30-31-45(34,46)8/h32,35,37-38,40H,10-31,33H2,1-9H3/t35-,37+,38-,40-,43+,44-,45+,46+/m0/s1. The van der Waals surface area contributed by atoms with Gasteiger partial charge in [0.2, 0.25) is 0 Å². The van der Waals surface area contributed by atoms with Gasteiger partial charge in [-0.25, -0.2) is 0 Å². The highest BCUT2D eigenvalue weighted by atomic mass is 16.5. The smallest absolute Gasteiger partial charge is 0.306 e. The molecule has 3 nitrogen and oxygen atoms in total. The van der Waals surface area contributed by atoms with Gasteiger partial charge in [-0.2, -0.15) is 0 Å². The Labute approximate surface area is 303 Å². The lowest BCUT2D eigenvalue weighted by Crippen LogP contribution is -2.66. The van der Waals surface area contributed by atoms with Crippen molar-refractivity contribution < 1.29 is 14.3 Å². The van der Waals surface area contributed by atoms with Crippen molar-refractivity contribution in [1.29, 1.82) is 0 Å². The lowest BCUT2D eigenvalue weighted by atomic mass is 9.33. The Bertz CT molecular complexity index is 1190. The molecule has 280 valence electrons. The third-order valence-electron chi connectivity index (χ3n) is 16.5. The molecule has 0 spiro atoms. The summed E-state index contributed by atoms with van der Waals surface area (Å²) in [6, 6.07) is 0. The van der Waals surface area contributed by atoms with Gasteiger partial charge in [0.05, 0.1) is 0 Å². The average molecular weight is 679 g/mol. The highest BCUT2D eigenvalue weighted by molar-refractivity contribution is 5.95. The number of hydrogen-bond donors (Lipinski definition) is 0. The average Bonchev–Trinajstić information content (AvgIpc) is 3.02. The summed E-state index contributed by atoms with van der Waals surface area (Å²) in [5.41, 5.74) is 2.07. The normalized spacial score (nSPS) is 39.2. The molecule has 0 amide bonds. The molecule has 0 unspecified atom stereocenters. The third kappa shape index (κ3) is 7.54. The molecule has 0 aromatic carbocycles. The first kappa shape index (κ1) is 39.1. The molecule has 0 N–H and O–H groups in total. The van der Waals surface area contributed by atoms with Gasteiger partial charge in [0.1, 0.15) is 6.10 Å². The molecule has 5 rings (SSSR count). The number of esters is 1. The molecule has 0 aliphatic heterocycles. The number of rotatable bonds is 15. The number of ketones is 1. The Balaban J connectivity index is 1.15. The van der Waals surface area contributed by atoms with E-state index in [1.807, 2.05) is 0 Å². The molecule has 0 bridgehead atoms. The first-order chi connectivity index (χ1) is 23.0. The fourth-order valence-corrected chi connectivity index (χ4v) is 13.0. The Hall–Kier alpha value is -1.12. The van der Waals surface area contributed by atoms with E-state index in [0.717, 1.165) is 38.5 Å². The minimum Gasteiger partial charge on any atom is -0.462 e. The maximum absolute atomic E-state index is 14.6. The van der Waals surface area contributed by atoms with Crippen LogP contribution in [0.2, 0.25) is 0 Å². The predicted octanol–water partition coefficient (Wildman–Crippen LogP) is 13.4. The number of allylic oxidation sites excluding steroid dienone is 2. The SMILES string of the molecule is CCCCCCCCCCCCCCCC(=O)O[C@H]1CC[C@@]2(C)[C@H](CC[C@]3(C)[C@H]2C(=O)C=C2[C@@H]4CC(C)(C)CC[C@]4(C)CC[C@]23C)C1(C)C. The summed E-state index contributed by atoms with van der Waals surface area (Å²) in [5.74, 6) is 1.38. The van der Waals surface area contributed by atoms with E-state index >= 15 is 0 Å². The number of carbonyl (C=O) groups is 2. The van der Waals surface area contributed by atoms with E-state index < -0.39 is 0 Å². The number of carbonyl (C=O) groups excluding carboxylic acids is 2. The van der Waals surface area contributed by atoms with E-state index in [-0.39, 0.29) is 39.7 Å². The fourth-order valence-electron chi connectivity index (χ4n) is 13.0. The third-order valence-corrected chi connectivity index (χ3v) is 16.5. The molecule has 8 atom stereocenters. The molecular formula is C46H78O3. The van der Waals surface area contributed by atoms with Crippen LogP contribution in [-0.2, 0) is 14.3 Å². The van der Waals surface area contributed by atoms with Crippen molar-refractivity contribution in [3.63, 3.8) is 0 Å². The Morgan fingerprint density at radius 3 is 1.90 bits per heavy atom. The zero-order valence-corrected chi connectivity index (χ0v) is 33.9. The molecule has 49 heavy (non-hydrogen) atoms. The van der Waals surface area contributed by atoms with Gasteiger partial charge >= 0.3 is 5.97 Å². The molecule has 4 fully saturated rings. The van der Waals surface area contributed by atoms with E-state index in [1.54, 1.807) is 0 Å². The van der Waals surface area contributed by atoms with E-state index in [1.165, 1.54) is 108 Å². The van der Waals surface area contributed by atoms with Crippen LogP contribution < -0.4 is 0 Å². The van der Waals surface area contributed by atoms with Crippen molar-refractivity contribution in [3.05, 3.63) is 11.6 Å². The van der Waals surface area contributed by atoms with Crippen molar-refractivity contribution >= 4 is 11.8 Å². The lowest BCUT2D eigenvalue weighted by Gasteiger charge is -2.70. The van der Waals surface area contributed by atoms with Crippen LogP contribution in [0.4, 0.5) is 0 Å². The summed E-state index contributed by atoms with van der Waals surface area (Å²) in [6.45, 7) is 22.0. The van der Waals surface area contributed by atoms with Gasteiger partial charge in [0.15, 0.2) is 5.78 Å². The molecule has 5 aliphatic carbocycles. The molecule has 0 heterocycles. The molecule has 0 aromatic rings. The van der Waals surface area contributed by atoms with E-state index in [0.29, 0.717) is 34.9 Å². The summed E-state index contributed by atoms with van der Waals surface area (Å²) in [6.07, 6.45) is 30.2. The highest BCUT2D eigenvalue weighted by Crippen LogP contribution is 2.75. The highest BCUT2D eigenvalue weighted by Gasteiger charge is 2.70. The second kappa shape index (κ2) is 15.1. The van der Waals surface area contributed by atoms with E-state index in [2.05, 4.69) is 68.4 Å². The molecule has 0 saturated heterocycles. The summed E-state index contributed by atoms with van der Waals surface area (Å²) in [7, 11) is 0. The largest absolute Gasteiger partial charge is 0.462 e. The van der Waals surface area contributed by atoms with E-state index in [4.69, 9.17) is 4.74 Å². The summed E-state index contributed by atoms with van der Waals surface area (Å²) >= 11 is 0. The fraction of sp³-hybridized carbons (Fsp3) is 0.913. The van der Waals surface area contributed by atoms with Crippen LogP contribution in [0.5, 0.6) is 0 Å². The van der Waals surface area contributed by atoms with Crippen molar-refractivity contribution in [2.45, 2.75) is 216 Å². The Morgan fingerprint density at radius 2 is 1.29 bits per heavy atom. The van der Waals surface area contributed by atoms with Crippen LogP contribution >= 0.6 is 0 Å². The van der Waals surface area contributed by atoms with Crippen LogP contribution in [0.25, 0.3) is 0 Å². The number of hydrogen-bond acceptors (Lipinski definition) is 3. The summed E-state index contributed by atoms with van der Waals surface area (Å²) in [5, 5.41) is 0. The number of ether oxygens (including phenoxy) is 1. The molecule has 4 saturated carbocycles. The zero-order valence-electron chi connectivity index (χ0n) is 33.9. The van der Waals surface area contributed by atoms with Crippen LogP contribution in [0.3, 0.4) is 0 Å². The first-order valence-corrected chi connectivity index (χ1v) is 21.5. The van der Waals surface area contributed by atoms with E-state index in [9.17, 15) is 9.59 Å². The van der Waals surface area contributed by atoms with Crippen molar-refractivity contribution in [1.82, 2.24) is 0 Å². The maximum Gasteiger partial charge on any atom is 0.306 e. The minimum absolute atomic E-state index is 0.000103. The Kier molecular flexibility index (Phi) is 12.0. The summed E-state index contributed by atoms with van der Waals surface area (Å²) in [4.78, 5) is 27.8. The molecule has 3 heteroatoms. The van der Waals surface area contributed by atoms with Gasteiger partial charge in [-0.3, -0.25) is 9.59 Å². The predicted molar refractivity (Wildman–Crippen MR) is 205 cm³/mol. The van der Waals surface area contributed by atoms with Gasteiger partial charge in [0, 0.05) is 17.8 Å². The molecule has 0 aromatic heterocycles. The van der Waals surface area contributed by atoms with Gasteiger partial charge in [0.25, 0.3) is 0 Å². The van der Waals surface area contributed by atoms with Crippen molar-refractivity contribution in [3.8, 4) is 0 Å². The molecule has 5 aliphatic rings. The number of unbranched alkanes of at least 4 members (excludes halogenated alkanes) is 12. The van der Waals surface area contributed by atoms with Crippen LogP contribution in [0, 0.1) is 50.2 Å². The quantitative estimate of drug-likeness (QED) is 0.128. The van der Waals surface area contributed by atoms with Crippen molar-refractivity contribution in [2.24, 2.45) is 50.2 Å². The lowest BCUT2D eigenvalue weighted by molar-refractivity contribution is -0.211. The van der Waals surface area contributed by atoms with Crippen LogP contribution in [0.15, 0.2) is 11.6 Å². The van der Waals surface area contributed by atoms with Gasteiger partial charge in [-0.05, 0) is 109 Å².